The van der Waals surface area contributed by atoms with Crippen molar-refractivity contribution < 1.29 is 29.3 Å². The van der Waals surface area contributed by atoms with Crippen molar-refractivity contribution in [3.05, 3.63) is 138 Å². The molecule has 0 aliphatic heterocycles. The van der Waals surface area contributed by atoms with Crippen LogP contribution in [0.2, 0.25) is 0 Å². The van der Waals surface area contributed by atoms with E-state index in [1.54, 1.807) is 18.2 Å². The van der Waals surface area contributed by atoms with Gasteiger partial charge in [0.05, 0.1) is 24.5 Å². The number of nitrogens with zero attached hydrogens (tertiary/aromatic N) is 1. The summed E-state index contributed by atoms with van der Waals surface area (Å²) in [4.78, 5) is 27.5. The normalized spacial score (nSPS) is 10.9. The third-order valence-electron chi connectivity index (χ3n) is 8.43. The zero-order valence-electron chi connectivity index (χ0n) is 27.7. The monoisotopic (exact) mass is 657 g/mol. The van der Waals surface area contributed by atoms with Crippen LogP contribution >= 0.6 is 0 Å². The smallest absolute Gasteiger partial charge is 0.335 e. The molecule has 0 amide bonds. The minimum atomic E-state index is -0.939. The molecule has 0 aliphatic rings. The molecule has 0 bridgehead atoms. The minimum absolute atomic E-state index is 0.0399. The summed E-state index contributed by atoms with van der Waals surface area (Å²) in [7, 11) is 0. The lowest BCUT2D eigenvalue weighted by molar-refractivity contribution is -0.136. The molecular formula is C42H43NO6. The van der Waals surface area contributed by atoms with Crippen LogP contribution in [0.15, 0.2) is 115 Å². The Labute approximate surface area is 288 Å². The van der Waals surface area contributed by atoms with Gasteiger partial charge in [-0.1, -0.05) is 97.8 Å². The van der Waals surface area contributed by atoms with Gasteiger partial charge < -0.3 is 19.7 Å². The molecular weight excluding hydrogens is 614 g/mol. The summed E-state index contributed by atoms with van der Waals surface area (Å²) >= 11 is 0. The Morgan fingerprint density at radius 1 is 0.592 bits per heavy atom. The number of benzene rings is 4. The van der Waals surface area contributed by atoms with Gasteiger partial charge in [-0.25, -0.2) is 9.78 Å². The Bertz CT molecular complexity index is 1750. The van der Waals surface area contributed by atoms with Crippen LogP contribution in [0.1, 0.15) is 65.6 Å². The summed E-state index contributed by atoms with van der Waals surface area (Å²) in [6.07, 6.45) is 6.61. The van der Waals surface area contributed by atoms with Gasteiger partial charge in [-0.3, -0.25) is 4.79 Å². The number of hydrogen-bond acceptors (Lipinski definition) is 5. The molecule has 4 aromatic carbocycles. The number of aromatic carboxylic acids is 1. The van der Waals surface area contributed by atoms with E-state index in [0.29, 0.717) is 38.4 Å². The number of aryl methyl sites for hydroxylation is 2. The van der Waals surface area contributed by atoms with Crippen molar-refractivity contribution in [2.45, 2.75) is 57.8 Å². The van der Waals surface area contributed by atoms with Crippen LogP contribution < -0.4 is 9.47 Å². The molecule has 1 heterocycles. The van der Waals surface area contributed by atoms with Gasteiger partial charge in [0, 0.05) is 18.1 Å². The van der Waals surface area contributed by atoms with Crippen molar-refractivity contribution >= 4 is 11.9 Å². The zero-order chi connectivity index (χ0) is 34.3. The SMILES string of the molecule is O=C(O)CCc1c(CCCCCCOc2cc(-c3ccccc3)cc(-c3ccccc3)n2)cccc1OCCCc1cccc(C(=O)O)c1. The van der Waals surface area contributed by atoms with E-state index in [1.807, 2.05) is 60.7 Å². The van der Waals surface area contributed by atoms with E-state index >= 15 is 0 Å². The Kier molecular flexibility index (Phi) is 13.0. The Balaban J connectivity index is 1.11. The summed E-state index contributed by atoms with van der Waals surface area (Å²) in [6, 6.07) is 37.4. The molecule has 0 atom stereocenters. The molecule has 1 aromatic heterocycles. The number of pyridine rings is 1. The largest absolute Gasteiger partial charge is 0.493 e. The third-order valence-corrected chi connectivity index (χ3v) is 8.43. The molecule has 7 heteroatoms. The van der Waals surface area contributed by atoms with Crippen LogP contribution in [0, 0.1) is 0 Å². The number of carbonyl (C=O) groups is 2. The number of unbranched alkanes of at least 4 members (excludes halogenated alkanes) is 3. The second-order valence-corrected chi connectivity index (χ2v) is 12.1. The Hall–Kier alpha value is -5.43. The average Bonchev–Trinajstić information content (AvgIpc) is 3.13. The predicted molar refractivity (Wildman–Crippen MR) is 192 cm³/mol. The van der Waals surface area contributed by atoms with Crippen LogP contribution in [-0.2, 0) is 24.1 Å². The standard InChI is InChI=1S/C42H43NO6/c44-41(45)25-24-37-33(21-12-23-39(37)48-27-13-15-31-14-11-22-35(28-31)42(46)47)18-5-1-2-10-26-49-40-30-36(32-16-6-3-7-17-32)29-38(43-40)34-19-8-4-9-20-34/h3-4,6-9,11-12,14,16-17,19-23,28-30H,1-2,5,10,13,15,18,24-27H2,(H,44,45)(H,46,47). The number of hydrogen-bond donors (Lipinski definition) is 2. The fraction of sp³-hybridized carbons (Fsp3) is 0.262. The maximum absolute atomic E-state index is 11.4. The van der Waals surface area contributed by atoms with Crippen LogP contribution in [0.25, 0.3) is 22.4 Å². The summed E-state index contributed by atoms with van der Waals surface area (Å²) in [5.41, 5.74) is 7.42. The third kappa shape index (κ3) is 10.8. The highest BCUT2D eigenvalue weighted by molar-refractivity contribution is 5.87. The number of aliphatic carboxylic acids is 1. The van der Waals surface area contributed by atoms with Crippen molar-refractivity contribution in [1.82, 2.24) is 4.98 Å². The highest BCUT2D eigenvalue weighted by Gasteiger charge is 2.13. The number of ether oxygens (including phenoxy) is 2. The van der Waals surface area contributed by atoms with E-state index in [1.165, 1.54) is 0 Å². The highest BCUT2D eigenvalue weighted by Crippen LogP contribution is 2.29. The molecule has 5 aromatic rings. The summed E-state index contributed by atoms with van der Waals surface area (Å²) in [5, 5.41) is 18.6. The van der Waals surface area contributed by atoms with Crippen LogP contribution in [-0.4, -0.2) is 40.3 Å². The lowest BCUT2D eigenvalue weighted by Gasteiger charge is -2.16. The van der Waals surface area contributed by atoms with Gasteiger partial charge in [-0.05, 0) is 90.6 Å². The van der Waals surface area contributed by atoms with Gasteiger partial charge in [0.15, 0.2) is 0 Å². The second-order valence-electron chi connectivity index (χ2n) is 12.1. The van der Waals surface area contributed by atoms with Gasteiger partial charge in [-0.2, -0.15) is 0 Å². The lowest BCUT2D eigenvalue weighted by atomic mass is 9.97. The molecule has 0 aliphatic carbocycles. The molecule has 0 unspecified atom stereocenters. The highest BCUT2D eigenvalue weighted by atomic mass is 16.5. The van der Waals surface area contributed by atoms with Crippen molar-refractivity contribution in [2.24, 2.45) is 0 Å². The Morgan fingerprint density at radius 2 is 1.31 bits per heavy atom. The molecule has 7 nitrogen and oxygen atoms in total. The van der Waals surface area contributed by atoms with Crippen LogP contribution in [0.3, 0.4) is 0 Å². The first kappa shape index (κ1) is 34.9. The van der Waals surface area contributed by atoms with Crippen molar-refractivity contribution in [3.8, 4) is 34.0 Å². The zero-order valence-corrected chi connectivity index (χ0v) is 27.7. The number of aromatic nitrogens is 1. The maximum Gasteiger partial charge on any atom is 0.335 e. The number of carboxylic acids is 2. The van der Waals surface area contributed by atoms with Crippen molar-refractivity contribution in [3.63, 3.8) is 0 Å². The number of rotatable bonds is 19. The first-order valence-electron chi connectivity index (χ1n) is 17.0. The van der Waals surface area contributed by atoms with E-state index in [0.717, 1.165) is 76.9 Å². The van der Waals surface area contributed by atoms with E-state index < -0.39 is 11.9 Å². The summed E-state index contributed by atoms with van der Waals surface area (Å²) < 4.78 is 12.3. The maximum atomic E-state index is 11.4. The van der Waals surface area contributed by atoms with Crippen LogP contribution in [0.5, 0.6) is 11.6 Å². The number of carboxylic acid groups (broad SMARTS) is 2. The predicted octanol–water partition coefficient (Wildman–Crippen LogP) is 9.32. The van der Waals surface area contributed by atoms with Gasteiger partial charge in [0.1, 0.15) is 5.75 Å². The average molecular weight is 658 g/mol. The molecule has 252 valence electrons. The van der Waals surface area contributed by atoms with E-state index in [4.69, 9.17) is 14.5 Å². The fourth-order valence-electron chi connectivity index (χ4n) is 5.90. The van der Waals surface area contributed by atoms with Gasteiger partial charge in [0.25, 0.3) is 0 Å². The molecule has 0 fully saturated rings. The molecule has 0 saturated heterocycles. The van der Waals surface area contributed by atoms with Gasteiger partial charge in [0.2, 0.25) is 5.88 Å². The lowest BCUT2D eigenvalue weighted by Crippen LogP contribution is -2.07. The van der Waals surface area contributed by atoms with Crippen molar-refractivity contribution in [1.29, 1.82) is 0 Å². The Morgan fingerprint density at radius 3 is 2.06 bits per heavy atom. The van der Waals surface area contributed by atoms with E-state index in [2.05, 4.69) is 36.4 Å². The summed E-state index contributed by atoms with van der Waals surface area (Å²) in [5.74, 6) is -0.426. The summed E-state index contributed by atoms with van der Waals surface area (Å²) in [6.45, 7) is 1.03. The fourth-order valence-corrected chi connectivity index (χ4v) is 5.90. The quantitative estimate of drug-likeness (QED) is 0.0853. The molecule has 49 heavy (non-hydrogen) atoms. The molecule has 0 radical (unpaired) electrons. The van der Waals surface area contributed by atoms with Gasteiger partial charge in [-0.15, -0.1) is 0 Å². The van der Waals surface area contributed by atoms with E-state index in [9.17, 15) is 19.8 Å². The van der Waals surface area contributed by atoms with Crippen molar-refractivity contribution in [2.75, 3.05) is 13.2 Å². The first-order valence-corrected chi connectivity index (χ1v) is 17.0. The minimum Gasteiger partial charge on any atom is -0.493 e. The first-order chi connectivity index (χ1) is 24.0. The van der Waals surface area contributed by atoms with Gasteiger partial charge >= 0.3 is 11.9 Å². The topological polar surface area (TPSA) is 106 Å². The second kappa shape index (κ2) is 18.2. The molecule has 0 spiro atoms. The molecule has 2 N–H and O–H groups in total. The van der Waals surface area contributed by atoms with E-state index in [-0.39, 0.29) is 12.0 Å². The van der Waals surface area contributed by atoms with Crippen LogP contribution in [0.4, 0.5) is 0 Å². The molecule has 5 rings (SSSR count). The molecule has 0 saturated carbocycles.